The van der Waals surface area contributed by atoms with Gasteiger partial charge < -0.3 is 9.47 Å². The summed E-state index contributed by atoms with van der Waals surface area (Å²) in [5.74, 6) is -0.748. The normalized spacial score (nSPS) is 12.3. The highest BCUT2D eigenvalue weighted by Crippen LogP contribution is 2.21. The van der Waals surface area contributed by atoms with Crippen molar-refractivity contribution in [2.45, 2.75) is 13.0 Å². The minimum absolute atomic E-state index is 0. The second-order valence-corrected chi connectivity index (χ2v) is 4.66. The molecule has 0 saturated heterocycles. The minimum atomic E-state index is -0.424. The van der Waals surface area contributed by atoms with E-state index in [1.165, 1.54) is 20.3 Å². The Morgan fingerprint density at radius 1 is 1.18 bits per heavy atom. The van der Waals surface area contributed by atoms with Crippen molar-refractivity contribution in [2.24, 2.45) is 0 Å². The van der Waals surface area contributed by atoms with Crippen LogP contribution < -0.4 is 0 Å². The van der Waals surface area contributed by atoms with Gasteiger partial charge in [0.05, 0.1) is 20.8 Å². The molecule has 0 amide bonds. The molecule has 0 aliphatic carbocycles. The summed E-state index contributed by atoms with van der Waals surface area (Å²) in [6.45, 7) is 2.06. The van der Waals surface area contributed by atoms with Gasteiger partial charge in [-0.1, -0.05) is 30.3 Å². The molecule has 0 aliphatic heterocycles. The van der Waals surface area contributed by atoms with Crippen LogP contribution in [0, 0.1) is 0 Å². The molecule has 122 valence electrons. The summed E-state index contributed by atoms with van der Waals surface area (Å²) in [7, 11) is 4.49. The highest BCUT2D eigenvalue weighted by atomic mass is 35.5. The van der Waals surface area contributed by atoms with E-state index < -0.39 is 5.97 Å². The van der Waals surface area contributed by atoms with Crippen molar-refractivity contribution in [2.75, 3.05) is 27.8 Å². The average molecular weight is 328 g/mol. The Hall–Kier alpha value is -1.85. The number of ether oxygens (including phenoxy) is 2. The second kappa shape index (κ2) is 9.97. The Labute approximate surface area is 137 Å². The molecule has 0 N–H and O–H groups in total. The summed E-state index contributed by atoms with van der Waals surface area (Å²) in [5, 5.41) is 0. The fourth-order valence-corrected chi connectivity index (χ4v) is 1.90. The number of methoxy groups -OCH3 is 2. The first-order valence-electron chi connectivity index (χ1n) is 6.61. The highest BCUT2D eigenvalue weighted by molar-refractivity contribution is 5.92. The predicted molar refractivity (Wildman–Crippen MR) is 87.8 cm³/mol. The molecule has 1 rings (SSSR count). The van der Waals surface area contributed by atoms with Crippen LogP contribution in [-0.4, -0.2) is 50.7 Å². The van der Waals surface area contributed by atoms with E-state index in [9.17, 15) is 9.59 Å². The maximum atomic E-state index is 11.6. The molecule has 0 radical (unpaired) electrons. The van der Waals surface area contributed by atoms with Gasteiger partial charge in [-0.15, -0.1) is 12.4 Å². The number of halogens is 1. The molecule has 0 aliphatic rings. The Bertz CT molecular complexity index is 516. The summed E-state index contributed by atoms with van der Waals surface area (Å²) >= 11 is 0. The van der Waals surface area contributed by atoms with Crippen LogP contribution >= 0.6 is 12.4 Å². The van der Waals surface area contributed by atoms with Crippen molar-refractivity contribution in [3.05, 3.63) is 42.0 Å². The number of hydrogen-bond donors (Lipinski definition) is 0. The largest absolute Gasteiger partial charge is 0.468 e. The molecule has 0 saturated carbocycles. The zero-order chi connectivity index (χ0) is 15.8. The molecule has 6 heteroatoms. The summed E-state index contributed by atoms with van der Waals surface area (Å²) in [6, 6.07) is 9.38. The topological polar surface area (TPSA) is 55.8 Å². The smallest absolute Gasteiger partial charge is 0.330 e. The fraction of sp³-hybridized carbons (Fsp3) is 0.375. The van der Waals surface area contributed by atoms with Gasteiger partial charge in [-0.25, -0.2) is 4.79 Å². The average Bonchev–Trinajstić information content (AvgIpc) is 2.52. The number of carbonyl (C=O) groups excluding carboxylic acids is 2. The monoisotopic (exact) mass is 327 g/mol. The van der Waals surface area contributed by atoms with Gasteiger partial charge in [0.1, 0.15) is 0 Å². The summed E-state index contributed by atoms with van der Waals surface area (Å²) < 4.78 is 9.38. The molecule has 1 aromatic carbocycles. The number of benzene rings is 1. The molecule has 0 heterocycles. The van der Waals surface area contributed by atoms with Gasteiger partial charge in [0.15, 0.2) is 0 Å². The van der Waals surface area contributed by atoms with E-state index in [-0.39, 0.29) is 31.0 Å². The van der Waals surface area contributed by atoms with E-state index in [0.717, 1.165) is 11.1 Å². The fourth-order valence-electron chi connectivity index (χ4n) is 1.90. The standard InChI is InChI=1S/C16H21NO4.ClH/c1-12(17(2)11-16(19)21-4)14(10-15(18)20-3)13-8-6-5-7-9-13;/h5-10,12H,11H2,1-4H3;1H/b14-10+;. The second-order valence-electron chi connectivity index (χ2n) is 4.66. The number of nitrogens with zero attached hydrogens (tertiary/aromatic N) is 1. The van der Waals surface area contributed by atoms with Crippen molar-refractivity contribution in [1.82, 2.24) is 4.90 Å². The zero-order valence-corrected chi connectivity index (χ0v) is 14.1. The minimum Gasteiger partial charge on any atom is -0.468 e. The molecule has 0 bridgehead atoms. The lowest BCUT2D eigenvalue weighted by molar-refractivity contribution is -0.141. The third-order valence-corrected chi connectivity index (χ3v) is 3.30. The highest BCUT2D eigenvalue weighted by Gasteiger charge is 2.19. The van der Waals surface area contributed by atoms with Crippen LogP contribution in [0.4, 0.5) is 0 Å². The van der Waals surface area contributed by atoms with Crippen LogP contribution in [0.5, 0.6) is 0 Å². The van der Waals surface area contributed by atoms with Gasteiger partial charge in [0, 0.05) is 12.1 Å². The van der Waals surface area contributed by atoms with E-state index in [1.54, 1.807) is 7.05 Å². The van der Waals surface area contributed by atoms with Crippen molar-refractivity contribution in [1.29, 1.82) is 0 Å². The van der Waals surface area contributed by atoms with E-state index in [2.05, 4.69) is 4.74 Å². The summed E-state index contributed by atoms with van der Waals surface area (Å²) in [5.41, 5.74) is 1.70. The van der Waals surface area contributed by atoms with Crippen LogP contribution in [0.25, 0.3) is 5.57 Å². The van der Waals surface area contributed by atoms with Gasteiger partial charge in [0.25, 0.3) is 0 Å². The molecular weight excluding hydrogens is 306 g/mol. The summed E-state index contributed by atoms with van der Waals surface area (Å²) in [4.78, 5) is 24.8. The Balaban J connectivity index is 0.00000441. The third-order valence-electron chi connectivity index (χ3n) is 3.30. The van der Waals surface area contributed by atoms with Crippen LogP contribution in [0.15, 0.2) is 36.4 Å². The Morgan fingerprint density at radius 3 is 2.27 bits per heavy atom. The number of esters is 2. The third kappa shape index (κ3) is 5.87. The lowest BCUT2D eigenvalue weighted by Gasteiger charge is -2.26. The number of likely N-dealkylation sites (N-methyl/N-ethyl adjacent to an activating group) is 1. The summed E-state index contributed by atoms with van der Waals surface area (Å²) in [6.07, 6.45) is 1.45. The van der Waals surface area contributed by atoms with Crippen LogP contribution in [0.1, 0.15) is 12.5 Å². The number of carbonyl (C=O) groups is 2. The van der Waals surface area contributed by atoms with Gasteiger partial charge >= 0.3 is 11.9 Å². The molecular formula is C16H22ClNO4. The first kappa shape index (κ1) is 20.1. The van der Waals surface area contributed by atoms with Gasteiger partial charge in [0.2, 0.25) is 0 Å². The Kier molecular flexibility index (Phi) is 9.13. The maximum Gasteiger partial charge on any atom is 0.330 e. The molecule has 1 atom stereocenters. The lowest BCUT2D eigenvalue weighted by Crippen LogP contribution is -2.35. The van der Waals surface area contributed by atoms with Gasteiger partial charge in [-0.05, 0) is 25.1 Å². The predicted octanol–water partition coefficient (Wildman–Crippen LogP) is 2.16. The molecule has 0 fully saturated rings. The number of rotatable bonds is 6. The van der Waals surface area contributed by atoms with Crippen molar-refractivity contribution in [3.8, 4) is 0 Å². The van der Waals surface area contributed by atoms with E-state index in [1.807, 2.05) is 42.2 Å². The first-order valence-corrected chi connectivity index (χ1v) is 6.61. The molecule has 1 unspecified atom stereocenters. The van der Waals surface area contributed by atoms with Crippen molar-refractivity contribution in [3.63, 3.8) is 0 Å². The van der Waals surface area contributed by atoms with Crippen molar-refractivity contribution >= 4 is 29.9 Å². The van der Waals surface area contributed by atoms with Gasteiger partial charge in [-0.3, -0.25) is 9.69 Å². The molecule has 5 nitrogen and oxygen atoms in total. The lowest BCUT2D eigenvalue weighted by atomic mass is 9.98. The first-order chi connectivity index (χ1) is 9.99. The molecule has 0 spiro atoms. The molecule has 0 aromatic heterocycles. The maximum absolute atomic E-state index is 11.6. The molecule has 22 heavy (non-hydrogen) atoms. The number of hydrogen-bond acceptors (Lipinski definition) is 5. The van der Waals surface area contributed by atoms with Crippen LogP contribution in [-0.2, 0) is 19.1 Å². The van der Waals surface area contributed by atoms with Crippen LogP contribution in [0.2, 0.25) is 0 Å². The van der Waals surface area contributed by atoms with Crippen LogP contribution in [0.3, 0.4) is 0 Å². The SMILES string of the molecule is COC(=O)/C=C(/c1ccccc1)C(C)N(C)CC(=O)OC.Cl. The van der Waals surface area contributed by atoms with Crippen molar-refractivity contribution < 1.29 is 19.1 Å². The van der Waals surface area contributed by atoms with E-state index in [4.69, 9.17) is 4.74 Å². The van der Waals surface area contributed by atoms with E-state index in [0.29, 0.717) is 0 Å². The van der Waals surface area contributed by atoms with Gasteiger partial charge in [-0.2, -0.15) is 0 Å². The zero-order valence-electron chi connectivity index (χ0n) is 13.2. The van der Waals surface area contributed by atoms with E-state index >= 15 is 0 Å². The quantitative estimate of drug-likeness (QED) is 0.592. The Morgan fingerprint density at radius 2 is 1.77 bits per heavy atom. The molecule has 1 aromatic rings.